The average Bonchev–Trinajstić information content (AvgIpc) is 2.81. The van der Waals surface area contributed by atoms with Crippen molar-refractivity contribution >= 4 is 35.1 Å². The normalized spacial score (nSPS) is 21.6. The van der Waals surface area contributed by atoms with Crippen LogP contribution in [0.4, 0.5) is 0 Å². The van der Waals surface area contributed by atoms with Crippen molar-refractivity contribution in [2.75, 3.05) is 13.2 Å². The number of carbonyl (C=O) groups excluding carboxylic acids is 2. The van der Waals surface area contributed by atoms with Gasteiger partial charge in [0.05, 0.1) is 12.9 Å². The molecule has 1 aliphatic rings. The Morgan fingerprint density at radius 2 is 2.33 bits per heavy atom. The van der Waals surface area contributed by atoms with Crippen LogP contribution in [0, 0.1) is 0 Å². The lowest BCUT2D eigenvalue weighted by Crippen LogP contribution is -2.63. The molecule has 0 radical (unpaired) electrons. The first-order valence-electron chi connectivity index (χ1n) is 5.36. The van der Waals surface area contributed by atoms with Gasteiger partial charge in [-0.2, -0.15) is 0 Å². The first kappa shape index (κ1) is 13.2. The van der Waals surface area contributed by atoms with Gasteiger partial charge in [-0.15, -0.1) is 0 Å². The predicted octanol–water partition coefficient (Wildman–Crippen LogP) is 1.90. The summed E-state index contributed by atoms with van der Waals surface area (Å²) in [5.74, 6) is -0.601. The van der Waals surface area contributed by atoms with Crippen LogP contribution in [0.15, 0.2) is 22.8 Å². The highest BCUT2D eigenvalue weighted by Gasteiger charge is 2.61. The van der Waals surface area contributed by atoms with Gasteiger partial charge in [0, 0.05) is 0 Å². The van der Waals surface area contributed by atoms with E-state index in [1.54, 1.807) is 19.1 Å². The number of furan rings is 1. The predicted molar refractivity (Wildman–Crippen MR) is 64.2 cm³/mol. The summed E-state index contributed by atoms with van der Waals surface area (Å²) < 4.78 is 8.37. The molecule has 0 aromatic carbocycles. The quantitative estimate of drug-likeness (QED) is 0.483. The lowest BCUT2D eigenvalue weighted by Gasteiger charge is -2.47. The molecule has 0 N–H and O–H groups in total. The van der Waals surface area contributed by atoms with Gasteiger partial charge in [0.2, 0.25) is 4.33 Å². The minimum absolute atomic E-state index is 0.195. The zero-order chi connectivity index (χ0) is 13.3. The molecular formula is C11H11Cl2NO4. The van der Waals surface area contributed by atoms with Gasteiger partial charge < -0.3 is 14.1 Å². The Balaban J connectivity index is 2.15. The zero-order valence-corrected chi connectivity index (χ0v) is 11.1. The van der Waals surface area contributed by atoms with Crippen molar-refractivity contribution in [1.29, 1.82) is 0 Å². The number of hydrogen-bond acceptors (Lipinski definition) is 4. The molecular weight excluding hydrogens is 281 g/mol. The lowest BCUT2D eigenvalue weighted by atomic mass is 9.98. The Bertz CT molecular complexity index is 458. The molecule has 7 heteroatoms. The molecule has 0 saturated carbocycles. The SMILES string of the molecule is CCOC(=O)CN1C(=O)C(Cl)(Cl)C1c1ccco1. The number of esters is 1. The summed E-state index contributed by atoms with van der Waals surface area (Å²) in [4.78, 5) is 24.4. The van der Waals surface area contributed by atoms with E-state index < -0.39 is 22.3 Å². The third-order valence-corrected chi connectivity index (χ3v) is 3.36. The van der Waals surface area contributed by atoms with E-state index in [0.29, 0.717) is 5.76 Å². The molecule has 1 aliphatic heterocycles. The Labute approximate surface area is 114 Å². The second-order valence-corrected chi connectivity index (χ2v) is 5.16. The number of halogens is 2. The molecule has 2 rings (SSSR count). The summed E-state index contributed by atoms with van der Waals surface area (Å²) >= 11 is 11.9. The fraction of sp³-hybridized carbons (Fsp3) is 0.455. The summed E-state index contributed by atoms with van der Waals surface area (Å²) in [6, 6.07) is 2.63. The topological polar surface area (TPSA) is 59.8 Å². The standard InChI is InChI=1S/C11H11Cl2NO4/c1-2-17-8(15)6-14-9(7-4-3-5-18-7)11(12,13)10(14)16/h3-5,9H,2,6H2,1H3. The first-order chi connectivity index (χ1) is 8.48. The Morgan fingerprint density at radius 3 is 2.89 bits per heavy atom. The van der Waals surface area contributed by atoms with E-state index in [4.69, 9.17) is 32.4 Å². The van der Waals surface area contributed by atoms with Crippen molar-refractivity contribution in [2.45, 2.75) is 17.3 Å². The molecule has 98 valence electrons. The summed E-state index contributed by atoms with van der Waals surface area (Å²) in [5.41, 5.74) is 0. The molecule has 0 aliphatic carbocycles. The second kappa shape index (κ2) is 4.82. The number of likely N-dealkylation sites (tertiary alicyclic amines) is 1. The third-order valence-electron chi connectivity index (χ3n) is 2.62. The van der Waals surface area contributed by atoms with E-state index >= 15 is 0 Å². The molecule has 1 aromatic heterocycles. The molecule has 0 spiro atoms. The number of carbonyl (C=O) groups is 2. The van der Waals surface area contributed by atoms with Crippen LogP contribution < -0.4 is 0 Å². The summed E-state index contributed by atoms with van der Waals surface area (Å²) in [7, 11) is 0. The maximum atomic E-state index is 11.7. The second-order valence-electron chi connectivity index (χ2n) is 3.78. The van der Waals surface area contributed by atoms with E-state index in [0.717, 1.165) is 0 Å². The first-order valence-corrected chi connectivity index (χ1v) is 6.12. The van der Waals surface area contributed by atoms with Crippen molar-refractivity contribution in [2.24, 2.45) is 0 Å². The van der Waals surface area contributed by atoms with E-state index in [9.17, 15) is 9.59 Å². The van der Waals surface area contributed by atoms with E-state index in [1.165, 1.54) is 11.2 Å². The number of nitrogens with zero attached hydrogens (tertiary/aromatic N) is 1. The Morgan fingerprint density at radius 1 is 1.61 bits per heavy atom. The number of β-lactam (4-membered cyclic amide) rings is 1. The van der Waals surface area contributed by atoms with Crippen molar-refractivity contribution in [3.05, 3.63) is 24.2 Å². The van der Waals surface area contributed by atoms with Crippen molar-refractivity contribution in [3.63, 3.8) is 0 Å². The molecule has 1 fully saturated rings. The van der Waals surface area contributed by atoms with Gasteiger partial charge in [0.1, 0.15) is 18.3 Å². The monoisotopic (exact) mass is 291 g/mol. The van der Waals surface area contributed by atoms with Crippen LogP contribution in [0.2, 0.25) is 0 Å². The van der Waals surface area contributed by atoms with Crippen LogP contribution in [0.3, 0.4) is 0 Å². The van der Waals surface area contributed by atoms with Crippen LogP contribution >= 0.6 is 23.2 Å². The number of rotatable bonds is 4. The van der Waals surface area contributed by atoms with Crippen LogP contribution in [-0.2, 0) is 14.3 Å². The number of ether oxygens (including phenoxy) is 1. The summed E-state index contributed by atoms with van der Waals surface area (Å²) in [5, 5.41) is 0. The smallest absolute Gasteiger partial charge is 0.325 e. The van der Waals surface area contributed by atoms with Crippen molar-refractivity contribution in [1.82, 2.24) is 4.90 Å². The van der Waals surface area contributed by atoms with Crippen molar-refractivity contribution < 1.29 is 18.7 Å². The van der Waals surface area contributed by atoms with Gasteiger partial charge in [-0.3, -0.25) is 9.59 Å². The van der Waals surface area contributed by atoms with Crippen LogP contribution in [0.5, 0.6) is 0 Å². The molecule has 1 saturated heterocycles. The van der Waals surface area contributed by atoms with Gasteiger partial charge in [-0.1, -0.05) is 23.2 Å². The average molecular weight is 292 g/mol. The van der Waals surface area contributed by atoms with Gasteiger partial charge in [0.25, 0.3) is 5.91 Å². The number of hydrogen-bond donors (Lipinski definition) is 0. The van der Waals surface area contributed by atoms with E-state index in [2.05, 4.69) is 0 Å². The highest BCUT2D eigenvalue weighted by molar-refractivity contribution is 6.60. The molecule has 1 amide bonds. The Kier molecular flexibility index (Phi) is 3.54. The maximum absolute atomic E-state index is 11.7. The largest absolute Gasteiger partial charge is 0.467 e. The zero-order valence-electron chi connectivity index (χ0n) is 9.56. The maximum Gasteiger partial charge on any atom is 0.325 e. The van der Waals surface area contributed by atoms with Crippen LogP contribution in [0.25, 0.3) is 0 Å². The third kappa shape index (κ3) is 2.08. The minimum Gasteiger partial charge on any atom is -0.467 e. The molecule has 5 nitrogen and oxygen atoms in total. The Hall–Kier alpha value is -1.20. The van der Waals surface area contributed by atoms with Gasteiger partial charge in [-0.05, 0) is 19.1 Å². The van der Waals surface area contributed by atoms with Crippen LogP contribution in [-0.4, -0.2) is 34.3 Å². The molecule has 1 atom stereocenters. The molecule has 2 heterocycles. The summed E-state index contributed by atoms with van der Waals surface area (Å²) in [6.07, 6.45) is 1.45. The lowest BCUT2D eigenvalue weighted by molar-refractivity contribution is -0.159. The highest BCUT2D eigenvalue weighted by Crippen LogP contribution is 2.50. The van der Waals surface area contributed by atoms with E-state index in [-0.39, 0.29) is 13.2 Å². The van der Waals surface area contributed by atoms with Gasteiger partial charge in [-0.25, -0.2) is 0 Å². The van der Waals surface area contributed by atoms with Crippen LogP contribution in [0.1, 0.15) is 18.7 Å². The summed E-state index contributed by atoms with van der Waals surface area (Å²) in [6.45, 7) is 1.74. The minimum atomic E-state index is -1.59. The van der Waals surface area contributed by atoms with Gasteiger partial charge >= 0.3 is 5.97 Å². The fourth-order valence-corrected chi connectivity index (χ4v) is 2.51. The van der Waals surface area contributed by atoms with E-state index in [1.807, 2.05) is 0 Å². The van der Waals surface area contributed by atoms with Gasteiger partial charge in [0.15, 0.2) is 0 Å². The molecule has 1 unspecified atom stereocenters. The highest BCUT2D eigenvalue weighted by atomic mass is 35.5. The molecule has 18 heavy (non-hydrogen) atoms. The number of alkyl halides is 2. The fourth-order valence-electron chi connectivity index (χ4n) is 1.84. The molecule has 0 bridgehead atoms. The molecule has 1 aromatic rings. The number of amides is 1. The van der Waals surface area contributed by atoms with Crippen molar-refractivity contribution in [3.8, 4) is 0 Å².